The fourth-order valence-electron chi connectivity index (χ4n) is 1.40. The van der Waals surface area contributed by atoms with Gasteiger partial charge in [0.05, 0.1) is 5.69 Å². The van der Waals surface area contributed by atoms with Gasteiger partial charge in [0.25, 0.3) is 0 Å². The summed E-state index contributed by atoms with van der Waals surface area (Å²) in [5.74, 6) is 0. The number of nitrogens with one attached hydrogen (secondary N) is 1. The molecule has 0 amide bonds. The highest BCUT2D eigenvalue weighted by molar-refractivity contribution is 5.48. The number of benzene rings is 1. The van der Waals surface area contributed by atoms with Crippen molar-refractivity contribution in [3.8, 4) is 0 Å². The molecule has 0 aliphatic carbocycles. The highest BCUT2D eigenvalue weighted by Crippen LogP contribution is 2.15. The van der Waals surface area contributed by atoms with Gasteiger partial charge in [-0.25, -0.2) is 5.53 Å². The van der Waals surface area contributed by atoms with Crippen LogP contribution < -0.4 is 0 Å². The van der Waals surface area contributed by atoms with Crippen LogP contribution in [0.15, 0.2) is 54.3 Å². The number of pyridine rings is 1. The van der Waals surface area contributed by atoms with E-state index in [1.165, 1.54) is 0 Å². The van der Waals surface area contributed by atoms with Gasteiger partial charge in [-0.15, -0.1) is 0 Å². The lowest BCUT2D eigenvalue weighted by atomic mass is 10.2. The molecule has 0 bridgehead atoms. The lowest BCUT2D eigenvalue weighted by molar-refractivity contribution is 1.13. The van der Waals surface area contributed by atoms with Crippen molar-refractivity contribution >= 4 is 11.8 Å². The average Bonchev–Trinajstić information content (AvgIpc) is 2.41. The van der Waals surface area contributed by atoms with E-state index in [0.29, 0.717) is 0 Å². The fraction of sp³-hybridized carbons (Fsp3) is 0.133. The molecule has 92 valence electrons. The zero-order chi connectivity index (χ0) is 13.4. The topological polar surface area (TPSA) is 49.1 Å². The lowest BCUT2D eigenvalue weighted by Gasteiger charge is -1.94. The van der Waals surface area contributed by atoms with Gasteiger partial charge in [0.1, 0.15) is 0 Å². The maximum Gasteiger partial charge on any atom is 0.0879 e. The Labute approximate surface area is 108 Å². The van der Waals surface area contributed by atoms with E-state index < -0.39 is 0 Å². The molecule has 0 fully saturated rings. The van der Waals surface area contributed by atoms with Gasteiger partial charge in [-0.05, 0) is 37.1 Å². The van der Waals surface area contributed by atoms with E-state index in [4.69, 9.17) is 5.53 Å². The molecule has 0 saturated heterocycles. The predicted octanol–water partition coefficient (Wildman–Crippen LogP) is 4.69. The molecular weight excluding hydrogens is 222 g/mol. The van der Waals surface area contributed by atoms with Crippen LogP contribution in [0.1, 0.15) is 16.8 Å². The Morgan fingerprint density at radius 1 is 1.17 bits per heavy atom. The Kier molecular flexibility index (Phi) is 5.45. The van der Waals surface area contributed by atoms with Gasteiger partial charge in [0.15, 0.2) is 0 Å². The number of rotatable bonds is 2. The Morgan fingerprint density at radius 3 is 2.33 bits per heavy atom. The molecule has 3 heteroatoms. The third kappa shape index (κ3) is 3.94. The van der Waals surface area contributed by atoms with Crippen molar-refractivity contribution in [3.63, 3.8) is 0 Å². The molecule has 1 N–H and O–H groups in total. The van der Waals surface area contributed by atoms with Crippen LogP contribution in [-0.4, -0.2) is 4.98 Å². The van der Waals surface area contributed by atoms with Gasteiger partial charge in [-0.3, -0.25) is 4.98 Å². The van der Waals surface area contributed by atoms with Crippen LogP contribution in [0, 0.1) is 19.4 Å². The van der Waals surface area contributed by atoms with E-state index in [0.717, 1.165) is 22.5 Å². The Hall–Kier alpha value is -2.29. The van der Waals surface area contributed by atoms with Crippen molar-refractivity contribution in [1.82, 2.24) is 4.98 Å². The highest BCUT2D eigenvalue weighted by atomic mass is 15.0. The van der Waals surface area contributed by atoms with Gasteiger partial charge in [0, 0.05) is 11.9 Å². The molecule has 1 heterocycles. The van der Waals surface area contributed by atoms with Crippen LogP contribution in [0.4, 0.5) is 5.69 Å². The van der Waals surface area contributed by atoms with Crippen molar-refractivity contribution in [2.45, 2.75) is 13.8 Å². The maximum atomic E-state index is 6.71. The van der Waals surface area contributed by atoms with Crippen LogP contribution >= 0.6 is 0 Å². The molecule has 1 aromatic heterocycles. The number of hydrogen-bond donors (Lipinski definition) is 1. The molecule has 18 heavy (non-hydrogen) atoms. The quantitative estimate of drug-likeness (QED) is 0.759. The minimum Gasteiger partial charge on any atom is -0.261 e. The van der Waals surface area contributed by atoms with Crippen molar-refractivity contribution in [3.05, 3.63) is 66.0 Å². The number of para-hydroxylation sites is 1. The van der Waals surface area contributed by atoms with Gasteiger partial charge >= 0.3 is 0 Å². The first-order valence-corrected chi connectivity index (χ1v) is 5.66. The van der Waals surface area contributed by atoms with Gasteiger partial charge < -0.3 is 0 Å². The molecule has 0 aliphatic heterocycles. The summed E-state index contributed by atoms with van der Waals surface area (Å²) in [7, 11) is 0. The maximum absolute atomic E-state index is 6.71. The Balaban J connectivity index is 0.000000180. The van der Waals surface area contributed by atoms with Gasteiger partial charge in [-0.2, -0.15) is 5.11 Å². The first-order valence-electron chi connectivity index (χ1n) is 5.66. The molecule has 0 aliphatic rings. The van der Waals surface area contributed by atoms with Crippen LogP contribution in [0.5, 0.6) is 0 Å². The third-order valence-electron chi connectivity index (χ3n) is 2.50. The fourth-order valence-corrected chi connectivity index (χ4v) is 1.40. The highest BCUT2D eigenvalue weighted by Gasteiger charge is 1.89. The zero-order valence-corrected chi connectivity index (χ0v) is 10.7. The molecule has 0 radical (unpaired) electrons. The van der Waals surface area contributed by atoms with Crippen LogP contribution in [0.2, 0.25) is 0 Å². The van der Waals surface area contributed by atoms with Crippen molar-refractivity contribution in [2.24, 2.45) is 5.11 Å². The molecule has 0 unspecified atom stereocenters. The monoisotopic (exact) mass is 239 g/mol. The van der Waals surface area contributed by atoms with Crippen LogP contribution in [0.25, 0.3) is 6.08 Å². The van der Waals surface area contributed by atoms with E-state index in [2.05, 4.69) is 16.7 Å². The molecule has 3 nitrogen and oxygen atoms in total. The summed E-state index contributed by atoms with van der Waals surface area (Å²) in [6, 6.07) is 11.5. The molecular formula is C15H17N3. The summed E-state index contributed by atoms with van der Waals surface area (Å²) < 4.78 is 0. The summed E-state index contributed by atoms with van der Waals surface area (Å²) >= 11 is 0. The SMILES string of the molecule is C=Cc1cccnc1C.Cc1ccccc1N=N. The van der Waals surface area contributed by atoms with E-state index >= 15 is 0 Å². The molecule has 2 rings (SSSR count). The van der Waals surface area contributed by atoms with Crippen molar-refractivity contribution in [2.75, 3.05) is 0 Å². The Morgan fingerprint density at radius 2 is 1.89 bits per heavy atom. The first-order chi connectivity index (χ1) is 8.69. The molecule has 0 atom stereocenters. The van der Waals surface area contributed by atoms with Crippen molar-refractivity contribution < 1.29 is 0 Å². The third-order valence-corrected chi connectivity index (χ3v) is 2.50. The average molecular weight is 239 g/mol. The second kappa shape index (κ2) is 7.12. The summed E-state index contributed by atoms with van der Waals surface area (Å²) in [6.07, 6.45) is 3.59. The number of aryl methyl sites for hydroxylation is 2. The van der Waals surface area contributed by atoms with E-state index in [1.54, 1.807) is 6.20 Å². The number of hydrogen-bond acceptors (Lipinski definition) is 3. The van der Waals surface area contributed by atoms with E-state index in [1.807, 2.05) is 56.3 Å². The minimum atomic E-state index is 0.748. The summed E-state index contributed by atoms with van der Waals surface area (Å²) in [5, 5.41) is 3.32. The summed E-state index contributed by atoms with van der Waals surface area (Å²) in [5.41, 5.74) is 10.6. The van der Waals surface area contributed by atoms with E-state index in [9.17, 15) is 0 Å². The summed E-state index contributed by atoms with van der Waals surface area (Å²) in [6.45, 7) is 7.56. The molecule has 1 aromatic carbocycles. The molecule has 0 saturated carbocycles. The lowest BCUT2D eigenvalue weighted by Crippen LogP contribution is -1.82. The second-order valence-electron chi connectivity index (χ2n) is 3.78. The number of nitrogens with zero attached hydrogens (tertiary/aromatic N) is 2. The minimum absolute atomic E-state index is 0.748. The predicted molar refractivity (Wildman–Crippen MR) is 75.1 cm³/mol. The first kappa shape index (κ1) is 13.8. The normalized spacial score (nSPS) is 9.00. The largest absolute Gasteiger partial charge is 0.261 e. The Bertz CT molecular complexity index is 483. The van der Waals surface area contributed by atoms with Crippen molar-refractivity contribution in [1.29, 1.82) is 5.53 Å². The van der Waals surface area contributed by atoms with Crippen LogP contribution in [0.3, 0.4) is 0 Å². The number of aromatic nitrogens is 1. The van der Waals surface area contributed by atoms with Crippen LogP contribution in [-0.2, 0) is 0 Å². The van der Waals surface area contributed by atoms with E-state index in [-0.39, 0.29) is 0 Å². The standard InChI is InChI=1S/C8H9N.C7H8N2/c1-3-8-5-4-6-9-7(8)2;1-6-4-2-3-5-7(6)9-8/h3-6H,1H2,2H3;2-5,8H,1H3. The van der Waals surface area contributed by atoms with Gasteiger partial charge in [0.2, 0.25) is 0 Å². The zero-order valence-electron chi connectivity index (χ0n) is 10.7. The smallest absolute Gasteiger partial charge is 0.0879 e. The molecule has 0 spiro atoms. The second-order valence-corrected chi connectivity index (χ2v) is 3.78. The summed E-state index contributed by atoms with van der Waals surface area (Å²) in [4.78, 5) is 4.08. The van der Waals surface area contributed by atoms with Gasteiger partial charge in [-0.1, -0.05) is 36.9 Å². The molecule has 2 aromatic rings.